The molecule has 7 nitrogen and oxygen atoms in total. The molecule has 2 aromatic rings. The molecule has 0 radical (unpaired) electrons. The van der Waals surface area contributed by atoms with Gasteiger partial charge in [0.25, 0.3) is 5.91 Å². The number of carbonyl (C=O) groups is 4. The Labute approximate surface area is 211 Å². The van der Waals surface area contributed by atoms with Gasteiger partial charge in [-0.3, -0.25) is 19.3 Å². The van der Waals surface area contributed by atoms with Crippen LogP contribution in [0.1, 0.15) is 34.8 Å². The molecule has 0 aromatic heterocycles. The van der Waals surface area contributed by atoms with Gasteiger partial charge in [0.2, 0.25) is 11.8 Å². The molecule has 0 spiro atoms. The highest BCUT2D eigenvalue weighted by atomic mass is 79.9. The Morgan fingerprint density at radius 3 is 2.43 bits per heavy atom. The molecule has 1 heterocycles. The van der Waals surface area contributed by atoms with Crippen LogP contribution in [0.15, 0.2) is 52.5 Å². The first-order chi connectivity index (χ1) is 16.7. The van der Waals surface area contributed by atoms with Crippen LogP contribution in [0.25, 0.3) is 0 Å². The number of nitrogens with one attached hydrogen (secondary N) is 1. The van der Waals surface area contributed by atoms with Gasteiger partial charge in [0.15, 0.2) is 6.61 Å². The first-order valence-corrected chi connectivity index (χ1v) is 12.3. The van der Waals surface area contributed by atoms with E-state index in [2.05, 4.69) is 27.3 Å². The number of allylic oxidation sites excluding steroid dienone is 2. The van der Waals surface area contributed by atoms with Crippen LogP contribution >= 0.6 is 15.9 Å². The summed E-state index contributed by atoms with van der Waals surface area (Å²) in [5, 5.41) is 2.75. The molecule has 5 rings (SSSR count). The summed E-state index contributed by atoms with van der Waals surface area (Å²) < 4.78 is 6.10. The van der Waals surface area contributed by atoms with Gasteiger partial charge in [0.1, 0.15) is 0 Å². The molecule has 1 aliphatic heterocycles. The third-order valence-electron chi connectivity index (χ3n) is 7.36. The second-order valence-electron chi connectivity index (χ2n) is 9.57. The summed E-state index contributed by atoms with van der Waals surface area (Å²) in [6.07, 6.45) is 3.01. The molecule has 1 saturated carbocycles. The van der Waals surface area contributed by atoms with Gasteiger partial charge in [-0.25, -0.2) is 4.79 Å². The third kappa shape index (κ3) is 3.99. The number of hydrogen-bond donors (Lipinski definition) is 1. The normalized spacial score (nSPS) is 24.5. The van der Waals surface area contributed by atoms with Gasteiger partial charge in [-0.1, -0.05) is 27.6 Å². The lowest BCUT2D eigenvalue weighted by molar-refractivity contribution is -0.123. The quantitative estimate of drug-likeness (QED) is 0.343. The van der Waals surface area contributed by atoms with Crippen molar-refractivity contribution in [3.05, 3.63) is 69.2 Å². The predicted octanol–water partition coefficient (Wildman–Crippen LogP) is 4.56. The Bertz CT molecular complexity index is 1300. The van der Waals surface area contributed by atoms with Gasteiger partial charge in [0.05, 0.1) is 23.1 Å². The second-order valence-corrected chi connectivity index (χ2v) is 10.4. The maximum absolute atomic E-state index is 13.1. The molecule has 35 heavy (non-hydrogen) atoms. The molecule has 2 aromatic carbocycles. The molecular weight excluding hydrogens is 512 g/mol. The zero-order chi connectivity index (χ0) is 25.0. The van der Waals surface area contributed by atoms with Crippen LogP contribution in [0, 0.1) is 37.5 Å². The van der Waals surface area contributed by atoms with Gasteiger partial charge in [-0.05, 0) is 86.6 Å². The van der Waals surface area contributed by atoms with E-state index in [0.29, 0.717) is 11.4 Å². The number of amides is 3. The van der Waals surface area contributed by atoms with Gasteiger partial charge >= 0.3 is 5.97 Å². The zero-order valence-electron chi connectivity index (χ0n) is 19.6. The van der Waals surface area contributed by atoms with Gasteiger partial charge in [-0.15, -0.1) is 0 Å². The summed E-state index contributed by atoms with van der Waals surface area (Å²) in [6, 6.07) is 9.91. The van der Waals surface area contributed by atoms with Crippen LogP contribution in [0.5, 0.6) is 0 Å². The molecule has 1 saturated heterocycles. The molecular formula is C27H25BrN2O5. The van der Waals surface area contributed by atoms with E-state index in [1.165, 1.54) is 22.6 Å². The van der Waals surface area contributed by atoms with Crippen molar-refractivity contribution in [3.63, 3.8) is 0 Å². The first-order valence-electron chi connectivity index (χ1n) is 11.6. The minimum atomic E-state index is -0.663. The molecule has 180 valence electrons. The number of hydrogen-bond acceptors (Lipinski definition) is 5. The molecule has 3 aliphatic rings. The summed E-state index contributed by atoms with van der Waals surface area (Å²) in [5.41, 5.74) is 4.38. The van der Waals surface area contributed by atoms with Crippen LogP contribution in [0.2, 0.25) is 0 Å². The Hall–Kier alpha value is -3.26. The number of anilines is 2. The maximum atomic E-state index is 13.1. The second kappa shape index (κ2) is 8.75. The van der Waals surface area contributed by atoms with Crippen LogP contribution < -0.4 is 10.2 Å². The highest BCUT2D eigenvalue weighted by Crippen LogP contribution is 2.55. The highest BCUT2D eigenvalue weighted by molar-refractivity contribution is 9.10. The number of benzene rings is 2. The lowest BCUT2D eigenvalue weighted by Gasteiger charge is -2.19. The summed E-state index contributed by atoms with van der Waals surface area (Å²) in [5.74, 6) is -1.71. The molecule has 0 unspecified atom stereocenters. The number of esters is 1. The Morgan fingerprint density at radius 2 is 1.71 bits per heavy atom. The van der Waals surface area contributed by atoms with E-state index in [1.54, 1.807) is 12.1 Å². The van der Waals surface area contributed by atoms with Crippen molar-refractivity contribution in [1.29, 1.82) is 0 Å². The van der Waals surface area contributed by atoms with Crippen molar-refractivity contribution in [3.8, 4) is 0 Å². The average Bonchev–Trinajstić information content (AvgIpc) is 3.46. The van der Waals surface area contributed by atoms with E-state index in [1.807, 2.05) is 32.9 Å². The number of fused-ring (bicyclic) bond motifs is 5. The highest BCUT2D eigenvalue weighted by Gasteiger charge is 2.60. The van der Waals surface area contributed by atoms with Crippen LogP contribution in [-0.2, 0) is 19.1 Å². The summed E-state index contributed by atoms with van der Waals surface area (Å²) in [7, 11) is 0. The van der Waals surface area contributed by atoms with E-state index < -0.39 is 18.5 Å². The monoisotopic (exact) mass is 536 g/mol. The van der Waals surface area contributed by atoms with E-state index >= 15 is 0 Å². The van der Waals surface area contributed by atoms with Crippen molar-refractivity contribution in [1.82, 2.24) is 0 Å². The van der Waals surface area contributed by atoms with Gasteiger partial charge in [0, 0.05) is 10.2 Å². The number of carbonyl (C=O) groups excluding carboxylic acids is 4. The lowest BCUT2D eigenvalue weighted by Crippen LogP contribution is -2.33. The third-order valence-corrected chi connectivity index (χ3v) is 8.21. The van der Waals surface area contributed by atoms with Crippen molar-refractivity contribution in [2.75, 3.05) is 16.8 Å². The minimum Gasteiger partial charge on any atom is -0.452 e. The van der Waals surface area contributed by atoms with Gasteiger partial charge < -0.3 is 10.1 Å². The van der Waals surface area contributed by atoms with Crippen molar-refractivity contribution < 1.29 is 23.9 Å². The number of rotatable bonds is 5. The number of aryl methyl sites for hydroxylation is 2. The molecule has 2 aliphatic carbocycles. The van der Waals surface area contributed by atoms with E-state index in [4.69, 9.17) is 4.74 Å². The zero-order valence-corrected chi connectivity index (χ0v) is 21.2. The van der Waals surface area contributed by atoms with E-state index in [0.717, 1.165) is 22.0 Å². The minimum absolute atomic E-state index is 0.136. The van der Waals surface area contributed by atoms with Crippen LogP contribution in [0.3, 0.4) is 0 Å². The van der Waals surface area contributed by atoms with Crippen molar-refractivity contribution in [2.45, 2.75) is 27.2 Å². The molecule has 3 amide bonds. The smallest absolute Gasteiger partial charge is 0.338 e. The predicted molar refractivity (Wildman–Crippen MR) is 134 cm³/mol. The molecule has 1 N–H and O–H groups in total. The number of imide groups is 1. The fourth-order valence-corrected chi connectivity index (χ4v) is 6.05. The van der Waals surface area contributed by atoms with Crippen LogP contribution in [0.4, 0.5) is 11.4 Å². The fraction of sp³-hybridized carbons (Fsp3) is 0.333. The molecule has 2 bridgehead atoms. The summed E-state index contributed by atoms with van der Waals surface area (Å²) in [6.45, 7) is 5.39. The Kier molecular flexibility index (Phi) is 5.87. The van der Waals surface area contributed by atoms with Gasteiger partial charge in [-0.2, -0.15) is 0 Å². The molecule has 2 fully saturated rings. The fourth-order valence-electron chi connectivity index (χ4n) is 5.59. The maximum Gasteiger partial charge on any atom is 0.338 e. The van der Waals surface area contributed by atoms with Crippen molar-refractivity contribution >= 4 is 51.0 Å². The Morgan fingerprint density at radius 1 is 1.03 bits per heavy atom. The number of nitrogens with zero attached hydrogens (tertiary/aromatic N) is 1. The Balaban J connectivity index is 1.21. The number of halogens is 1. The standard InChI is InChI=1S/C27H25BrN2O5/c1-13-8-17-11-19(13)24-23(17)25(32)30(26(24)33)18-6-4-16(5-7-18)27(34)35-12-22(31)29-21-10-14(2)20(28)9-15(21)3/h4-10,17,19,23-24H,11-12H2,1-3H3,(H,29,31)/t17-,19+,23-,24+/m0/s1. The lowest BCUT2D eigenvalue weighted by atomic mass is 9.82. The number of ether oxygens (including phenoxy) is 1. The van der Waals surface area contributed by atoms with E-state index in [9.17, 15) is 19.2 Å². The van der Waals surface area contributed by atoms with Crippen molar-refractivity contribution in [2.24, 2.45) is 23.7 Å². The summed E-state index contributed by atoms with van der Waals surface area (Å²) in [4.78, 5) is 52.1. The molecule has 8 heteroatoms. The average molecular weight is 537 g/mol. The van der Waals surface area contributed by atoms with Crippen LogP contribution in [-0.4, -0.2) is 30.3 Å². The van der Waals surface area contributed by atoms with E-state index in [-0.39, 0.29) is 41.0 Å². The largest absolute Gasteiger partial charge is 0.452 e. The summed E-state index contributed by atoms with van der Waals surface area (Å²) >= 11 is 3.45. The SMILES string of the molecule is CC1=C[C@H]2C[C@H]1[C@H]1C(=O)N(c3ccc(C(=O)OCC(=O)Nc4cc(C)c(Br)cc4C)cc3)C(=O)[C@H]12. The topological polar surface area (TPSA) is 92.8 Å². The first kappa shape index (κ1) is 23.5. The molecule has 4 atom stereocenters.